The summed E-state index contributed by atoms with van der Waals surface area (Å²) in [5.74, 6) is 0.165. The Morgan fingerprint density at radius 2 is 2.13 bits per heavy atom. The van der Waals surface area contributed by atoms with E-state index in [1.54, 1.807) is 12.1 Å². The van der Waals surface area contributed by atoms with Gasteiger partial charge in [0.15, 0.2) is 11.2 Å². The molecule has 1 atom stereocenters. The van der Waals surface area contributed by atoms with E-state index in [2.05, 4.69) is 36.4 Å². The summed E-state index contributed by atoms with van der Waals surface area (Å²) in [5, 5.41) is 24.4. The fourth-order valence-electron chi connectivity index (χ4n) is 2.85. The molecule has 12 heteroatoms. The van der Waals surface area contributed by atoms with Gasteiger partial charge in [0, 0.05) is 17.1 Å². The van der Waals surface area contributed by atoms with Crippen molar-refractivity contribution in [3.05, 3.63) is 49.1 Å². The zero-order chi connectivity index (χ0) is 22.7. The number of hydrazone groups is 1. The monoisotopic (exact) mass is 494 g/mol. The van der Waals surface area contributed by atoms with Crippen LogP contribution in [0.15, 0.2) is 37.4 Å². The number of aromatic nitrogens is 4. The third kappa shape index (κ3) is 5.21. The molecule has 3 rings (SSSR count). The van der Waals surface area contributed by atoms with Crippen LogP contribution in [0.2, 0.25) is 0 Å². The van der Waals surface area contributed by atoms with Gasteiger partial charge in [-0.25, -0.2) is 10.2 Å². The number of hydrogen-bond donors (Lipinski definition) is 4. The van der Waals surface area contributed by atoms with Crippen LogP contribution >= 0.6 is 15.9 Å². The summed E-state index contributed by atoms with van der Waals surface area (Å²) in [6.07, 6.45) is 0.374. The number of anilines is 1. The van der Waals surface area contributed by atoms with E-state index < -0.39 is 17.4 Å². The summed E-state index contributed by atoms with van der Waals surface area (Å²) in [5.41, 5.74) is 2.15. The fourth-order valence-corrected chi connectivity index (χ4v) is 3.23. The molecular weight excluding hydrogens is 472 g/mol. The summed E-state index contributed by atoms with van der Waals surface area (Å²) in [4.78, 5) is 31.0. The molecule has 0 bridgehead atoms. The number of aliphatic hydroxyl groups is 1. The first-order chi connectivity index (χ1) is 14.7. The van der Waals surface area contributed by atoms with Crippen molar-refractivity contribution >= 4 is 39.3 Å². The highest BCUT2D eigenvalue weighted by atomic mass is 79.9. The van der Waals surface area contributed by atoms with Crippen molar-refractivity contribution in [3.8, 4) is 5.75 Å². The van der Waals surface area contributed by atoms with Gasteiger partial charge in [-0.05, 0) is 32.0 Å². The van der Waals surface area contributed by atoms with E-state index in [0.29, 0.717) is 5.56 Å². The molecule has 2 heterocycles. The van der Waals surface area contributed by atoms with Crippen molar-refractivity contribution in [2.24, 2.45) is 12.1 Å². The molecule has 0 amide bonds. The minimum absolute atomic E-state index is 0.0233. The average Bonchev–Trinajstić information content (AvgIpc) is 3.06. The molecular formula is C19H23BrN6O5. The molecule has 0 aliphatic rings. The number of H-pyrrole nitrogens is 1. The topological polar surface area (TPSA) is 147 Å². The van der Waals surface area contributed by atoms with Gasteiger partial charge in [-0.15, -0.1) is 0 Å². The largest absolute Gasteiger partial charge is 0.507 e. The lowest BCUT2D eigenvalue weighted by Crippen LogP contribution is -2.30. The second-order valence-electron chi connectivity index (χ2n) is 7.15. The van der Waals surface area contributed by atoms with Crippen LogP contribution in [0.3, 0.4) is 0 Å². The number of ether oxygens (including phenoxy) is 1. The van der Waals surface area contributed by atoms with Gasteiger partial charge in [0.1, 0.15) is 5.75 Å². The number of halogens is 1. The first-order valence-electron chi connectivity index (χ1n) is 9.44. The minimum Gasteiger partial charge on any atom is -0.507 e. The van der Waals surface area contributed by atoms with Crippen LogP contribution in [0.4, 0.5) is 5.95 Å². The zero-order valence-electron chi connectivity index (χ0n) is 17.2. The number of aromatic hydroxyl groups is 1. The number of imidazole rings is 1. The fraction of sp³-hybridized carbons (Fsp3) is 0.368. The molecule has 1 unspecified atom stereocenters. The lowest BCUT2D eigenvalue weighted by molar-refractivity contribution is -0.000105. The Balaban J connectivity index is 1.99. The van der Waals surface area contributed by atoms with Gasteiger partial charge in [0.25, 0.3) is 5.56 Å². The van der Waals surface area contributed by atoms with Crippen molar-refractivity contribution in [1.82, 2.24) is 19.1 Å². The van der Waals surface area contributed by atoms with Crippen LogP contribution in [0.1, 0.15) is 19.4 Å². The number of aliphatic hydroxyl groups excluding tert-OH is 1. The molecule has 11 nitrogen and oxygen atoms in total. The number of benzene rings is 1. The molecule has 0 saturated heterocycles. The minimum atomic E-state index is -0.935. The van der Waals surface area contributed by atoms with Gasteiger partial charge >= 0.3 is 5.69 Å². The number of aryl methyl sites for hydroxylation is 1. The van der Waals surface area contributed by atoms with Gasteiger partial charge in [0.2, 0.25) is 5.95 Å². The second kappa shape index (κ2) is 9.45. The Hall–Kier alpha value is -2.96. The maximum atomic E-state index is 12.5. The van der Waals surface area contributed by atoms with Gasteiger partial charge in [-0.2, -0.15) is 10.1 Å². The predicted molar refractivity (Wildman–Crippen MR) is 120 cm³/mol. The molecule has 1 aromatic carbocycles. The molecule has 0 radical (unpaired) electrons. The van der Waals surface area contributed by atoms with Crippen LogP contribution in [-0.4, -0.2) is 54.3 Å². The number of nitrogens with zero attached hydrogens (tertiary/aromatic N) is 4. The number of phenolic OH excluding ortho intramolecular Hbond substituents is 1. The quantitative estimate of drug-likeness (QED) is 0.271. The zero-order valence-corrected chi connectivity index (χ0v) is 18.8. The molecule has 166 valence electrons. The van der Waals surface area contributed by atoms with Crippen molar-refractivity contribution in [3.63, 3.8) is 0 Å². The van der Waals surface area contributed by atoms with Crippen molar-refractivity contribution in [1.29, 1.82) is 0 Å². The van der Waals surface area contributed by atoms with Crippen molar-refractivity contribution < 1.29 is 14.9 Å². The predicted octanol–water partition coefficient (Wildman–Crippen LogP) is 1.12. The van der Waals surface area contributed by atoms with Crippen LogP contribution in [0.25, 0.3) is 11.2 Å². The standard InChI is InChI=1S/C19H23BrN6O5/c1-10(2)31-9-13(27)8-26-15-16(25(3)19(30)23-17(15)29)22-18(26)24-21-7-11-6-12(20)4-5-14(11)28/h4-7,10,13,27-28H,8-9H2,1-3H3,(H,22,24)(H,23,29,30)/b21-7-. The molecule has 3 aromatic rings. The highest BCUT2D eigenvalue weighted by Gasteiger charge is 2.19. The van der Waals surface area contributed by atoms with Crippen LogP contribution in [0.5, 0.6) is 5.75 Å². The number of fused-ring (bicyclic) bond motifs is 1. The second-order valence-corrected chi connectivity index (χ2v) is 8.06. The third-order valence-corrected chi connectivity index (χ3v) is 4.87. The van der Waals surface area contributed by atoms with Gasteiger partial charge in [-0.1, -0.05) is 15.9 Å². The smallest absolute Gasteiger partial charge is 0.329 e. The summed E-state index contributed by atoms with van der Waals surface area (Å²) in [6.45, 7) is 3.72. The Bertz CT molecular complexity index is 1230. The van der Waals surface area contributed by atoms with E-state index in [9.17, 15) is 19.8 Å². The molecule has 0 aliphatic heterocycles. The molecule has 0 fully saturated rings. The Labute approximate surface area is 185 Å². The number of nitrogens with one attached hydrogen (secondary N) is 2. The Kier molecular flexibility index (Phi) is 6.93. The summed E-state index contributed by atoms with van der Waals surface area (Å²) in [7, 11) is 1.48. The van der Waals surface area contributed by atoms with Crippen LogP contribution < -0.4 is 16.7 Å². The van der Waals surface area contributed by atoms with E-state index in [1.165, 1.54) is 28.5 Å². The van der Waals surface area contributed by atoms with E-state index in [-0.39, 0.29) is 42.1 Å². The molecule has 31 heavy (non-hydrogen) atoms. The van der Waals surface area contributed by atoms with Gasteiger partial charge in [-0.3, -0.25) is 14.3 Å². The van der Waals surface area contributed by atoms with Crippen LogP contribution in [-0.2, 0) is 18.3 Å². The summed E-state index contributed by atoms with van der Waals surface area (Å²) < 4.78 is 8.82. The normalized spacial score (nSPS) is 12.8. The number of hydrogen-bond acceptors (Lipinski definition) is 8. The first kappa shape index (κ1) is 22.7. The highest BCUT2D eigenvalue weighted by molar-refractivity contribution is 9.10. The maximum absolute atomic E-state index is 12.5. The van der Waals surface area contributed by atoms with Crippen LogP contribution in [0, 0.1) is 0 Å². The molecule has 0 aliphatic carbocycles. The number of aromatic amines is 1. The molecule has 0 saturated carbocycles. The Morgan fingerprint density at radius 1 is 1.39 bits per heavy atom. The number of phenols is 1. The van der Waals surface area contributed by atoms with Gasteiger partial charge in [0.05, 0.1) is 31.6 Å². The van der Waals surface area contributed by atoms with E-state index >= 15 is 0 Å². The molecule has 0 spiro atoms. The lowest BCUT2D eigenvalue weighted by atomic mass is 10.2. The summed E-state index contributed by atoms with van der Waals surface area (Å²) >= 11 is 3.32. The van der Waals surface area contributed by atoms with E-state index in [1.807, 2.05) is 13.8 Å². The van der Waals surface area contributed by atoms with Gasteiger partial charge < -0.3 is 19.5 Å². The third-order valence-electron chi connectivity index (χ3n) is 4.38. The van der Waals surface area contributed by atoms with Crippen molar-refractivity contribution in [2.45, 2.75) is 32.6 Å². The SMILES string of the molecule is CC(C)OCC(O)Cn1c(N/N=C\c2cc(Br)ccc2O)nc2c1c(=O)[nH]c(=O)n2C. The lowest BCUT2D eigenvalue weighted by Gasteiger charge is -2.15. The first-order valence-corrected chi connectivity index (χ1v) is 10.2. The maximum Gasteiger partial charge on any atom is 0.329 e. The van der Waals surface area contributed by atoms with E-state index in [0.717, 1.165) is 4.47 Å². The van der Waals surface area contributed by atoms with Crippen molar-refractivity contribution in [2.75, 3.05) is 12.0 Å². The summed E-state index contributed by atoms with van der Waals surface area (Å²) in [6, 6.07) is 4.87. The van der Waals surface area contributed by atoms with E-state index in [4.69, 9.17) is 4.74 Å². The molecule has 2 aromatic heterocycles. The number of rotatable bonds is 8. The molecule has 4 N–H and O–H groups in total. The average molecular weight is 495 g/mol. The Morgan fingerprint density at radius 3 is 2.84 bits per heavy atom. The highest BCUT2D eigenvalue weighted by Crippen LogP contribution is 2.20.